The van der Waals surface area contributed by atoms with E-state index in [2.05, 4.69) is 111 Å². The lowest BCUT2D eigenvalue weighted by molar-refractivity contribution is -0.142. The Balaban J connectivity index is 4.85. The second kappa shape index (κ2) is 49.6. The Labute approximate surface area is 451 Å². The average molecular weight is 1020 g/mol. The van der Waals surface area contributed by atoms with Gasteiger partial charge in [0.1, 0.15) is 12.1 Å². The van der Waals surface area contributed by atoms with Crippen LogP contribution in [0.5, 0.6) is 0 Å². The van der Waals surface area contributed by atoms with Crippen molar-refractivity contribution in [3.63, 3.8) is 0 Å². The van der Waals surface area contributed by atoms with Crippen LogP contribution in [0, 0.1) is 11.8 Å². The Morgan fingerprint density at radius 3 is 0.986 bits per heavy atom. The molecule has 2 N–H and O–H groups in total. The fourth-order valence-electron chi connectivity index (χ4n) is 9.44. The molecular formula is C63H118N6O4. The van der Waals surface area contributed by atoms with Crippen LogP contribution in [0.4, 0.5) is 0 Å². The molecule has 4 amide bonds. The number of amides is 4. The molecule has 0 aromatic rings. The molecule has 0 rings (SSSR count). The van der Waals surface area contributed by atoms with Gasteiger partial charge in [0.2, 0.25) is 23.6 Å². The van der Waals surface area contributed by atoms with Crippen LogP contribution in [0.25, 0.3) is 0 Å². The van der Waals surface area contributed by atoms with Crippen molar-refractivity contribution in [2.45, 2.75) is 253 Å². The summed E-state index contributed by atoms with van der Waals surface area (Å²) in [6.45, 7) is 16.8. The minimum atomic E-state index is -0.476. The maximum absolute atomic E-state index is 13.7. The molecule has 0 aliphatic carbocycles. The standard InChI is InChI=1S/C63H118N6O4/c1-11-13-15-17-19-21-23-25-27-29-31-33-35-38-42-48-58(70)68(54-46-52-66(7)8)60(56(3)4)62(72)64-50-44-40-37-41-45-51-65-63(73)61(57(5)6)69(55-47-53-67(9)10)59(71)49-43-39-36-34-32-30-28-26-24-22-20-18-16-14-12-2/h19-22,25-28,56-57,60-61H,11-18,23-24,29-55H2,1-10H3,(H,64,72)(H,65,73)/b21-19-,22-20-,27-25-,28-26-. The summed E-state index contributed by atoms with van der Waals surface area (Å²) in [5, 5.41) is 6.38. The van der Waals surface area contributed by atoms with Gasteiger partial charge in [0.25, 0.3) is 0 Å². The minimum absolute atomic E-state index is 0.0113. The first-order valence-electron chi connectivity index (χ1n) is 30.3. The fraction of sp³-hybridized carbons (Fsp3) is 0.810. The largest absolute Gasteiger partial charge is 0.354 e. The molecule has 0 saturated carbocycles. The lowest BCUT2D eigenvalue weighted by Crippen LogP contribution is -2.53. The predicted octanol–water partition coefficient (Wildman–Crippen LogP) is 14.4. The molecule has 73 heavy (non-hydrogen) atoms. The Morgan fingerprint density at radius 2 is 0.671 bits per heavy atom. The summed E-state index contributed by atoms with van der Waals surface area (Å²) in [6, 6.07) is -0.953. The van der Waals surface area contributed by atoms with Gasteiger partial charge in [-0.3, -0.25) is 19.2 Å². The number of nitrogens with zero attached hydrogens (tertiary/aromatic N) is 4. The van der Waals surface area contributed by atoms with Crippen molar-refractivity contribution in [1.82, 2.24) is 30.2 Å². The maximum atomic E-state index is 13.7. The zero-order chi connectivity index (χ0) is 54.2. The lowest BCUT2D eigenvalue weighted by Gasteiger charge is -2.34. The highest BCUT2D eigenvalue weighted by molar-refractivity contribution is 5.88. The van der Waals surface area contributed by atoms with Crippen LogP contribution in [0.3, 0.4) is 0 Å². The maximum Gasteiger partial charge on any atom is 0.243 e. The van der Waals surface area contributed by atoms with E-state index in [0.29, 0.717) is 39.0 Å². The Kier molecular flexibility index (Phi) is 47.4. The molecule has 0 radical (unpaired) electrons. The van der Waals surface area contributed by atoms with Crippen LogP contribution in [0.2, 0.25) is 0 Å². The van der Waals surface area contributed by atoms with Gasteiger partial charge in [-0.1, -0.05) is 174 Å². The molecule has 0 bridgehead atoms. The van der Waals surface area contributed by atoms with E-state index in [1.807, 2.05) is 38.0 Å². The molecule has 10 nitrogen and oxygen atoms in total. The molecule has 0 saturated heterocycles. The number of rotatable bonds is 50. The normalized spacial score (nSPS) is 13.0. The summed E-state index contributed by atoms with van der Waals surface area (Å²) in [5.74, 6) is 0.128. The minimum Gasteiger partial charge on any atom is -0.354 e. The number of allylic oxidation sites excluding steroid dienone is 8. The van der Waals surface area contributed by atoms with Gasteiger partial charge in [0, 0.05) is 39.0 Å². The Hall–Kier alpha value is -3.24. The highest BCUT2D eigenvalue weighted by atomic mass is 16.2. The first kappa shape index (κ1) is 69.8. The van der Waals surface area contributed by atoms with Crippen LogP contribution in [-0.2, 0) is 19.2 Å². The average Bonchev–Trinajstić information content (AvgIpc) is 3.34. The second-order valence-corrected chi connectivity index (χ2v) is 22.2. The second-order valence-electron chi connectivity index (χ2n) is 22.2. The molecule has 0 spiro atoms. The van der Waals surface area contributed by atoms with Gasteiger partial charge in [-0.05, 0) is 156 Å². The van der Waals surface area contributed by atoms with Crippen molar-refractivity contribution in [2.75, 3.05) is 67.5 Å². The van der Waals surface area contributed by atoms with E-state index in [1.54, 1.807) is 0 Å². The SMILES string of the molecule is CCCCC/C=C\C/C=C\CCCCCCCC(=O)N(CCCN(C)C)C(C(=O)NCCCCCCCNC(=O)C(C(C)C)N(CCCN(C)C)C(=O)CCCCCCC/C=C\C/C=C\CCCCC)C(C)C. The van der Waals surface area contributed by atoms with Gasteiger partial charge in [0.05, 0.1) is 0 Å². The number of carbonyl (C=O) groups is 4. The topological polar surface area (TPSA) is 105 Å². The van der Waals surface area contributed by atoms with Crippen molar-refractivity contribution >= 4 is 23.6 Å². The van der Waals surface area contributed by atoms with Gasteiger partial charge in [-0.2, -0.15) is 0 Å². The Bertz CT molecular complexity index is 1350. The quantitative estimate of drug-likeness (QED) is 0.0465. The molecule has 10 heteroatoms. The third-order valence-electron chi connectivity index (χ3n) is 13.8. The first-order valence-corrected chi connectivity index (χ1v) is 30.3. The zero-order valence-electron chi connectivity index (χ0n) is 49.5. The van der Waals surface area contributed by atoms with E-state index in [9.17, 15) is 19.2 Å². The van der Waals surface area contributed by atoms with E-state index in [4.69, 9.17) is 0 Å². The summed E-state index contributed by atoms with van der Waals surface area (Å²) in [6.07, 6.45) is 51.0. The molecule has 0 aromatic heterocycles. The van der Waals surface area contributed by atoms with Gasteiger partial charge in [0.15, 0.2) is 0 Å². The smallest absolute Gasteiger partial charge is 0.243 e. The predicted molar refractivity (Wildman–Crippen MR) is 315 cm³/mol. The number of nitrogens with one attached hydrogen (secondary N) is 2. The molecule has 0 aromatic carbocycles. The molecule has 0 heterocycles. The Morgan fingerprint density at radius 1 is 0.370 bits per heavy atom. The molecular weight excluding hydrogens is 905 g/mol. The van der Waals surface area contributed by atoms with Crippen molar-refractivity contribution < 1.29 is 19.2 Å². The molecule has 0 aliphatic heterocycles. The van der Waals surface area contributed by atoms with Crippen molar-refractivity contribution in [2.24, 2.45) is 11.8 Å². The summed E-state index contributed by atoms with van der Waals surface area (Å²) in [4.78, 5) is 63.0. The van der Waals surface area contributed by atoms with Crippen LogP contribution < -0.4 is 10.6 Å². The van der Waals surface area contributed by atoms with Gasteiger partial charge in [-0.25, -0.2) is 0 Å². The molecule has 0 aliphatic rings. The third kappa shape index (κ3) is 40.7. The fourth-order valence-corrected chi connectivity index (χ4v) is 9.44. The van der Waals surface area contributed by atoms with E-state index >= 15 is 0 Å². The zero-order valence-corrected chi connectivity index (χ0v) is 49.5. The molecule has 2 atom stereocenters. The lowest BCUT2D eigenvalue weighted by atomic mass is 9.99. The van der Waals surface area contributed by atoms with Gasteiger partial charge >= 0.3 is 0 Å². The molecule has 0 fully saturated rings. The number of hydrogen-bond acceptors (Lipinski definition) is 6. The van der Waals surface area contributed by atoms with Crippen LogP contribution in [-0.4, -0.2) is 123 Å². The van der Waals surface area contributed by atoms with Crippen LogP contribution in [0.15, 0.2) is 48.6 Å². The third-order valence-corrected chi connectivity index (χ3v) is 13.8. The first-order chi connectivity index (χ1) is 35.3. The van der Waals surface area contributed by atoms with Crippen LogP contribution >= 0.6 is 0 Å². The summed E-state index contributed by atoms with van der Waals surface area (Å²) in [5.41, 5.74) is 0. The highest BCUT2D eigenvalue weighted by Gasteiger charge is 2.33. The number of carbonyl (C=O) groups excluding carboxylic acids is 4. The summed E-state index contributed by atoms with van der Waals surface area (Å²) >= 11 is 0. The van der Waals surface area contributed by atoms with E-state index in [-0.39, 0.29) is 35.5 Å². The number of unbranched alkanes of at least 4 members (excludes halogenated alkanes) is 20. The van der Waals surface area contributed by atoms with E-state index < -0.39 is 12.1 Å². The highest BCUT2D eigenvalue weighted by Crippen LogP contribution is 2.19. The molecule has 2 unspecified atom stereocenters. The van der Waals surface area contributed by atoms with E-state index in [1.165, 1.54) is 77.0 Å². The number of hydrogen-bond donors (Lipinski definition) is 2. The van der Waals surface area contributed by atoms with Crippen molar-refractivity contribution in [3.8, 4) is 0 Å². The van der Waals surface area contributed by atoms with Crippen LogP contribution in [0.1, 0.15) is 241 Å². The van der Waals surface area contributed by atoms with Gasteiger partial charge in [-0.15, -0.1) is 0 Å². The van der Waals surface area contributed by atoms with Crippen molar-refractivity contribution in [3.05, 3.63) is 48.6 Å². The van der Waals surface area contributed by atoms with Crippen molar-refractivity contribution in [1.29, 1.82) is 0 Å². The van der Waals surface area contributed by atoms with E-state index in [0.717, 1.165) is 122 Å². The summed E-state index contributed by atoms with van der Waals surface area (Å²) < 4.78 is 0. The summed E-state index contributed by atoms with van der Waals surface area (Å²) in [7, 11) is 8.19. The molecule has 424 valence electrons. The van der Waals surface area contributed by atoms with Gasteiger partial charge < -0.3 is 30.2 Å². The monoisotopic (exact) mass is 1020 g/mol.